The van der Waals surface area contributed by atoms with Crippen LogP contribution in [0.5, 0.6) is 0 Å². The Morgan fingerprint density at radius 1 is 1.53 bits per heavy atom. The van der Waals surface area contributed by atoms with Crippen molar-refractivity contribution in [3.8, 4) is 0 Å². The summed E-state index contributed by atoms with van der Waals surface area (Å²) in [5.41, 5.74) is 6.59. The lowest BCUT2D eigenvalue weighted by Crippen LogP contribution is -2.39. The first kappa shape index (κ1) is 13.8. The van der Waals surface area contributed by atoms with E-state index >= 15 is 0 Å². The van der Waals surface area contributed by atoms with E-state index in [0.29, 0.717) is 16.3 Å². The molecule has 0 aromatic heterocycles. The molecule has 0 aliphatic heterocycles. The number of benzene rings is 1. The van der Waals surface area contributed by atoms with Crippen molar-refractivity contribution in [1.29, 1.82) is 0 Å². The number of likely N-dealkylation sites (N-methyl/N-ethyl adjacent to an activating group) is 1. The normalized spacial score (nSPS) is 12.5. The van der Waals surface area contributed by atoms with E-state index in [-0.39, 0.29) is 11.9 Å². The molecule has 0 bridgehead atoms. The predicted molar refractivity (Wildman–Crippen MR) is 71.3 cm³/mol. The van der Waals surface area contributed by atoms with Crippen LogP contribution in [0.1, 0.15) is 17.3 Å². The fourth-order valence-electron chi connectivity index (χ4n) is 1.59. The molecular weight excluding hydrogens is 238 g/mol. The highest BCUT2D eigenvalue weighted by Crippen LogP contribution is 2.19. The number of nitrogens with zero attached hydrogens (tertiary/aromatic N) is 1. The van der Waals surface area contributed by atoms with Gasteiger partial charge in [0.25, 0.3) is 5.91 Å². The summed E-state index contributed by atoms with van der Waals surface area (Å²) in [6.07, 6.45) is 0. The van der Waals surface area contributed by atoms with Crippen LogP contribution in [-0.4, -0.2) is 37.5 Å². The first-order valence-corrected chi connectivity index (χ1v) is 5.78. The number of carbonyl (C=O) groups is 1. The van der Waals surface area contributed by atoms with Crippen LogP contribution in [0.15, 0.2) is 18.2 Å². The summed E-state index contributed by atoms with van der Waals surface area (Å²) >= 11 is 5.80. The monoisotopic (exact) mass is 255 g/mol. The van der Waals surface area contributed by atoms with Crippen molar-refractivity contribution < 1.29 is 4.79 Å². The summed E-state index contributed by atoms with van der Waals surface area (Å²) in [7, 11) is 3.92. The summed E-state index contributed by atoms with van der Waals surface area (Å²) < 4.78 is 0. The minimum absolute atomic E-state index is 0.0782. The van der Waals surface area contributed by atoms with Crippen molar-refractivity contribution in [3.05, 3.63) is 28.8 Å². The second kappa shape index (κ2) is 5.89. The standard InChI is InChI=1S/C12H18ClN3O/c1-8(7-16(2)3)15-12(17)9-4-5-10(13)11(14)6-9/h4-6,8H,7,14H2,1-3H3,(H,15,17). The lowest BCUT2D eigenvalue weighted by Gasteiger charge is -2.18. The van der Waals surface area contributed by atoms with Crippen LogP contribution in [-0.2, 0) is 0 Å². The minimum atomic E-state index is -0.136. The number of anilines is 1. The number of nitrogen functional groups attached to an aromatic ring is 1. The molecule has 3 N–H and O–H groups in total. The maximum absolute atomic E-state index is 11.9. The Morgan fingerprint density at radius 3 is 2.71 bits per heavy atom. The maximum atomic E-state index is 11.9. The zero-order valence-corrected chi connectivity index (χ0v) is 11.1. The van der Waals surface area contributed by atoms with Crippen molar-refractivity contribution in [2.45, 2.75) is 13.0 Å². The zero-order valence-electron chi connectivity index (χ0n) is 10.3. The van der Waals surface area contributed by atoms with E-state index in [2.05, 4.69) is 5.32 Å². The van der Waals surface area contributed by atoms with E-state index in [9.17, 15) is 4.79 Å². The molecule has 0 fully saturated rings. The van der Waals surface area contributed by atoms with Crippen molar-refractivity contribution in [1.82, 2.24) is 10.2 Å². The SMILES string of the molecule is CC(CN(C)C)NC(=O)c1ccc(Cl)c(N)c1. The van der Waals surface area contributed by atoms with Crippen LogP contribution in [0.4, 0.5) is 5.69 Å². The molecule has 0 saturated heterocycles. The molecule has 0 saturated carbocycles. The molecular formula is C12H18ClN3O. The van der Waals surface area contributed by atoms with Gasteiger partial charge in [0.15, 0.2) is 0 Å². The number of halogens is 1. The molecule has 1 aromatic carbocycles. The second-order valence-electron chi connectivity index (χ2n) is 4.37. The average Bonchev–Trinajstić information content (AvgIpc) is 2.20. The third-order valence-electron chi connectivity index (χ3n) is 2.27. The van der Waals surface area contributed by atoms with Crippen molar-refractivity contribution in [2.24, 2.45) is 0 Å². The highest BCUT2D eigenvalue weighted by atomic mass is 35.5. The molecule has 0 radical (unpaired) electrons. The number of nitrogens with two attached hydrogens (primary N) is 1. The smallest absolute Gasteiger partial charge is 0.251 e. The molecule has 1 unspecified atom stereocenters. The van der Waals surface area contributed by atoms with Crippen LogP contribution in [0.2, 0.25) is 5.02 Å². The molecule has 1 aromatic rings. The number of carbonyl (C=O) groups excluding carboxylic acids is 1. The minimum Gasteiger partial charge on any atom is -0.398 e. The highest BCUT2D eigenvalue weighted by Gasteiger charge is 2.11. The summed E-state index contributed by atoms with van der Waals surface area (Å²) in [4.78, 5) is 13.9. The third kappa shape index (κ3) is 4.24. The number of nitrogens with one attached hydrogen (secondary N) is 1. The Morgan fingerprint density at radius 2 is 2.18 bits per heavy atom. The van der Waals surface area contributed by atoms with Gasteiger partial charge in [-0.05, 0) is 39.2 Å². The van der Waals surface area contributed by atoms with Crippen LogP contribution >= 0.6 is 11.6 Å². The van der Waals surface area contributed by atoms with E-state index in [4.69, 9.17) is 17.3 Å². The number of amides is 1. The predicted octanol–water partition coefficient (Wildman–Crippen LogP) is 1.60. The van der Waals surface area contributed by atoms with E-state index < -0.39 is 0 Å². The van der Waals surface area contributed by atoms with Gasteiger partial charge in [0.2, 0.25) is 0 Å². The van der Waals surface area contributed by atoms with Crippen molar-refractivity contribution in [2.75, 3.05) is 26.4 Å². The molecule has 0 heterocycles. The van der Waals surface area contributed by atoms with Gasteiger partial charge < -0.3 is 16.0 Å². The van der Waals surface area contributed by atoms with Gasteiger partial charge in [-0.25, -0.2) is 0 Å². The molecule has 1 atom stereocenters. The quantitative estimate of drug-likeness (QED) is 0.804. The van der Waals surface area contributed by atoms with Gasteiger partial charge in [-0.3, -0.25) is 4.79 Å². The fraction of sp³-hybridized carbons (Fsp3) is 0.417. The number of hydrogen-bond donors (Lipinski definition) is 2. The average molecular weight is 256 g/mol. The highest BCUT2D eigenvalue weighted by molar-refractivity contribution is 6.33. The molecule has 0 aliphatic rings. The number of hydrogen-bond acceptors (Lipinski definition) is 3. The van der Waals surface area contributed by atoms with Gasteiger partial charge in [0.05, 0.1) is 10.7 Å². The van der Waals surface area contributed by atoms with Gasteiger partial charge in [-0.2, -0.15) is 0 Å². The van der Waals surface area contributed by atoms with Gasteiger partial charge in [0, 0.05) is 18.2 Å². The Hall–Kier alpha value is -1.26. The fourth-order valence-corrected chi connectivity index (χ4v) is 1.70. The van der Waals surface area contributed by atoms with Gasteiger partial charge in [0.1, 0.15) is 0 Å². The van der Waals surface area contributed by atoms with Gasteiger partial charge in [-0.1, -0.05) is 11.6 Å². The largest absolute Gasteiger partial charge is 0.398 e. The lowest BCUT2D eigenvalue weighted by molar-refractivity contribution is 0.0934. The topological polar surface area (TPSA) is 58.4 Å². The van der Waals surface area contributed by atoms with E-state index in [1.54, 1.807) is 18.2 Å². The molecule has 0 aliphatic carbocycles. The van der Waals surface area contributed by atoms with Crippen molar-refractivity contribution in [3.63, 3.8) is 0 Å². The Balaban J connectivity index is 2.66. The zero-order chi connectivity index (χ0) is 13.0. The first-order chi connectivity index (χ1) is 7.90. The molecule has 1 amide bonds. The summed E-state index contributed by atoms with van der Waals surface area (Å²) in [5, 5.41) is 3.36. The van der Waals surface area contributed by atoms with Gasteiger partial charge in [-0.15, -0.1) is 0 Å². The molecule has 17 heavy (non-hydrogen) atoms. The number of rotatable bonds is 4. The van der Waals surface area contributed by atoms with Crippen LogP contribution in [0, 0.1) is 0 Å². The van der Waals surface area contributed by atoms with Crippen LogP contribution in [0.25, 0.3) is 0 Å². The van der Waals surface area contributed by atoms with E-state index in [0.717, 1.165) is 6.54 Å². The van der Waals surface area contributed by atoms with Gasteiger partial charge >= 0.3 is 0 Å². The Bertz CT molecular complexity index is 407. The molecule has 94 valence electrons. The first-order valence-electron chi connectivity index (χ1n) is 5.40. The summed E-state index contributed by atoms with van der Waals surface area (Å²) in [6, 6.07) is 4.95. The van der Waals surface area contributed by atoms with E-state index in [1.165, 1.54) is 0 Å². The van der Waals surface area contributed by atoms with Crippen molar-refractivity contribution >= 4 is 23.2 Å². The summed E-state index contributed by atoms with van der Waals surface area (Å²) in [5.74, 6) is -0.136. The molecule has 0 spiro atoms. The maximum Gasteiger partial charge on any atom is 0.251 e. The second-order valence-corrected chi connectivity index (χ2v) is 4.78. The Kier molecular flexibility index (Phi) is 4.78. The third-order valence-corrected chi connectivity index (χ3v) is 2.62. The van der Waals surface area contributed by atoms with Crippen LogP contribution in [0.3, 0.4) is 0 Å². The lowest BCUT2D eigenvalue weighted by atomic mass is 10.1. The van der Waals surface area contributed by atoms with E-state index in [1.807, 2.05) is 25.9 Å². The summed E-state index contributed by atoms with van der Waals surface area (Å²) in [6.45, 7) is 2.74. The molecule has 1 rings (SSSR count). The Labute approximate surface area is 107 Å². The molecule has 5 heteroatoms. The molecule has 4 nitrogen and oxygen atoms in total. The van der Waals surface area contributed by atoms with Crippen LogP contribution < -0.4 is 11.1 Å².